The van der Waals surface area contributed by atoms with Crippen LogP contribution in [0.5, 0.6) is 5.75 Å². The van der Waals surface area contributed by atoms with Gasteiger partial charge in [0, 0.05) is 5.56 Å². The fourth-order valence-corrected chi connectivity index (χ4v) is 2.05. The summed E-state index contributed by atoms with van der Waals surface area (Å²) < 4.78 is 5.62. The standard InChI is InChI=1S/C14H15N5O/c1-8(2)20-10-5-3-9(4-6-10)12-11-13(15)16-7-17-14(11)19-18-12/h3-8H,1-2H3,(H3,15,16,17,18,19). The van der Waals surface area contributed by atoms with E-state index in [1.807, 2.05) is 38.1 Å². The Morgan fingerprint density at radius 2 is 1.90 bits per heavy atom. The van der Waals surface area contributed by atoms with E-state index >= 15 is 0 Å². The molecule has 0 spiro atoms. The van der Waals surface area contributed by atoms with E-state index < -0.39 is 0 Å². The molecular weight excluding hydrogens is 254 g/mol. The Morgan fingerprint density at radius 3 is 2.60 bits per heavy atom. The zero-order valence-electron chi connectivity index (χ0n) is 11.3. The molecule has 0 bridgehead atoms. The van der Waals surface area contributed by atoms with Gasteiger partial charge in [-0.3, -0.25) is 5.10 Å². The highest BCUT2D eigenvalue weighted by Crippen LogP contribution is 2.29. The minimum atomic E-state index is 0.149. The average Bonchev–Trinajstić information content (AvgIpc) is 2.84. The molecule has 2 aromatic heterocycles. The van der Waals surface area contributed by atoms with Crippen molar-refractivity contribution in [3.05, 3.63) is 30.6 Å². The quantitative estimate of drug-likeness (QED) is 0.762. The SMILES string of the molecule is CC(C)Oc1ccc(-c2n[nH]c3ncnc(N)c23)cc1. The Kier molecular flexibility index (Phi) is 2.98. The number of rotatable bonds is 3. The van der Waals surface area contributed by atoms with Crippen LogP contribution in [0.15, 0.2) is 30.6 Å². The first kappa shape index (κ1) is 12.4. The highest BCUT2D eigenvalue weighted by atomic mass is 16.5. The number of anilines is 1. The third kappa shape index (κ3) is 2.16. The predicted octanol–water partition coefficient (Wildman–Crippen LogP) is 2.39. The van der Waals surface area contributed by atoms with E-state index in [9.17, 15) is 0 Å². The molecule has 0 saturated carbocycles. The highest BCUT2D eigenvalue weighted by Gasteiger charge is 2.12. The van der Waals surface area contributed by atoms with E-state index in [0.717, 1.165) is 22.4 Å². The zero-order valence-corrected chi connectivity index (χ0v) is 11.3. The molecule has 6 nitrogen and oxygen atoms in total. The summed E-state index contributed by atoms with van der Waals surface area (Å²) in [7, 11) is 0. The van der Waals surface area contributed by atoms with E-state index in [4.69, 9.17) is 10.5 Å². The molecule has 0 saturated heterocycles. The zero-order chi connectivity index (χ0) is 14.1. The molecule has 20 heavy (non-hydrogen) atoms. The van der Waals surface area contributed by atoms with Gasteiger partial charge in [-0.1, -0.05) is 0 Å². The van der Waals surface area contributed by atoms with Gasteiger partial charge in [0.15, 0.2) is 5.65 Å². The van der Waals surface area contributed by atoms with Crippen molar-refractivity contribution < 1.29 is 4.74 Å². The monoisotopic (exact) mass is 269 g/mol. The van der Waals surface area contributed by atoms with Gasteiger partial charge in [-0.15, -0.1) is 0 Å². The van der Waals surface area contributed by atoms with Crippen LogP contribution in [-0.2, 0) is 0 Å². The molecule has 3 rings (SSSR count). The second-order valence-corrected chi connectivity index (χ2v) is 4.75. The lowest BCUT2D eigenvalue weighted by molar-refractivity contribution is 0.242. The van der Waals surface area contributed by atoms with E-state index in [0.29, 0.717) is 11.5 Å². The first-order valence-corrected chi connectivity index (χ1v) is 6.37. The van der Waals surface area contributed by atoms with Crippen LogP contribution in [0.1, 0.15) is 13.8 Å². The number of nitrogen functional groups attached to an aromatic ring is 1. The Bertz CT molecular complexity index is 733. The smallest absolute Gasteiger partial charge is 0.161 e. The van der Waals surface area contributed by atoms with Crippen molar-refractivity contribution in [1.82, 2.24) is 20.2 Å². The van der Waals surface area contributed by atoms with Crippen molar-refractivity contribution in [2.24, 2.45) is 0 Å². The van der Waals surface area contributed by atoms with E-state index in [-0.39, 0.29) is 6.10 Å². The fourth-order valence-electron chi connectivity index (χ4n) is 2.05. The third-order valence-corrected chi connectivity index (χ3v) is 2.89. The second kappa shape index (κ2) is 4.80. The Morgan fingerprint density at radius 1 is 1.15 bits per heavy atom. The lowest BCUT2D eigenvalue weighted by atomic mass is 10.1. The number of aromatic amines is 1. The maximum absolute atomic E-state index is 5.90. The Labute approximate surface area is 116 Å². The van der Waals surface area contributed by atoms with Gasteiger partial charge < -0.3 is 10.5 Å². The van der Waals surface area contributed by atoms with Crippen LogP contribution in [0.4, 0.5) is 5.82 Å². The van der Waals surface area contributed by atoms with Gasteiger partial charge >= 0.3 is 0 Å². The Balaban J connectivity index is 2.03. The number of nitrogens with two attached hydrogens (primary N) is 1. The summed E-state index contributed by atoms with van der Waals surface area (Å²) in [5.41, 5.74) is 8.22. The van der Waals surface area contributed by atoms with Crippen LogP contribution in [0.2, 0.25) is 0 Å². The van der Waals surface area contributed by atoms with Crippen molar-refractivity contribution >= 4 is 16.9 Å². The summed E-state index contributed by atoms with van der Waals surface area (Å²) in [5, 5.41) is 7.87. The molecule has 2 heterocycles. The molecule has 0 fully saturated rings. The molecule has 0 aliphatic rings. The van der Waals surface area contributed by atoms with Crippen molar-refractivity contribution in [2.45, 2.75) is 20.0 Å². The van der Waals surface area contributed by atoms with Gasteiger partial charge in [0.1, 0.15) is 23.6 Å². The van der Waals surface area contributed by atoms with Crippen LogP contribution in [-0.4, -0.2) is 26.3 Å². The maximum Gasteiger partial charge on any atom is 0.161 e. The number of nitrogens with zero attached hydrogens (tertiary/aromatic N) is 3. The summed E-state index contributed by atoms with van der Waals surface area (Å²) in [6.45, 7) is 3.99. The summed E-state index contributed by atoms with van der Waals surface area (Å²) in [5.74, 6) is 1.24. The molecule has 3 aromatic rings. The minimum Gasteiger partial charge on any atom is -0.491 e. The average molecular weight is 269 g/mol. The molecule has 0 aliphatic carbocycles. The van der Waals surface area contributed by atoms with Crippen LogP contribution in [0, 0.1) is 0 Å². The predicted molar refractivity (Wildman–Crippen MR) is 77.3 cm³/mol. The lowest BCUT2D eigenvalue weighted by Gasteiger charge is -2.09. The number of ether oxygens (including phenoxy) is 1. The number of fused-ring (bicyclic) bond motifs is 1. The molecule has 0 radical (unpaired) electrons. The molecule has 102 valence electrons. The first-order valence-electron chi connectivity index (χ1n) is 6.37. The molecule has 1 aromatic carbocycles. The molecular formula is C14H15N5O. The molecule has 0 unspecified atom stereocenters. The number of hydrogen-bond donors (Lipinski definition) is 2. The van der Waals surface area contributed by atoms with Crippen LogP contribution in [0.3, 0.4) is 0 Å². The van der Waals surface area contributed by atoms with E-state index in [1.54, 1.807) is 0 Å². The van der Waals surface area contributed by atoms with Gasteiger partial charge in [-0.2, -0.15) is 5.10 Å². The van der Waals surface area contributed by atoms with Crippen molar-refractivity contribution in [1.29, 1.82) is 0 Å². The number of aromatic nitrogens is 4. The number of H-pyrrole nitrogens is 1. The molecule has 0 atom stereocenters. The normalized spacial score (nSPS) is 11.2. The largest absolute Gasteiger partial charge is 0.491 e. The van der Waals surface area contributed by atoms with Crippen LogP contribution in [0.25, 0.3) is 22.3 Å². The summed E-state index contributed by atoms with van der Waals surface area (Å²) in [6, 6.07) is 7.71. The van der Waals surface area contributed by atoms with E-state index in [2.05, 4.69) is 20.2 Å². The summed E-state index contributed by atoms with van der Waals surface area (Å²) in [4.78, 5) is 8.12. The van der Waals surface area contributed by atoms with E-state index in [1.165, 1.54) is 6.33 Å². The highest BCUT2D eigenvalue weighted by molar-refractivity contribution is 5.97. The van der Waals surface area contributed by atoms with Crippen LogP contribution >= 0.6 is 0 Å². The maximum atomic E-state index is 5.90. The van der Waals surface area contributed by atoms with Gasteiger partial charge in [-0.05, 0) is 38.1 Å². The summed E-state index contributed by atoms with van der Waals surface area (Å²) in [6.07, 6.45) is 1.57. The Hall–Kier alpha value is -2.63. The number of nitrogens with one attached hydrogen (secondary N) is 1. The van der Waals surface area contributed by atoms with Gasteiger partial charge in [0.05, 0.1) is 11.5 Å². The van der Waals surface area contributed by atoms with Crippen molar-refractivity contribution in [3.63, 3.8) is 0 Å². The van der Waals surface area contributed by atoms with Gasteiger partial charge in [-0.25, -0.2) is 9.97 Å². The first-order chi connectivity index (χ1) is 9.65. The van der Waals surface area contributed by atoms with Gasteiger partial charge in [0.2, 0.25) is 0 Å². The number of benzene rings is 1. The molecule has 6 heteroatoms. The topological polar surface area (TPSA) is 89.7 Å². The fraction of sp³-hybridized carbons (Fsp3) is 0.214. The van der Waals surface area contributed by atoms with Gasteiger partial charge in [0.25, 0.3) is 0 Å². The number of hydrogen-bond acceptors (Lipinski definition) is 5. The minimum absolute atomic E-state index is 0.149. The summed E-state index contributed by atoms with van der Waals surface area (Å²) >= 11 is 0. The third-order valence-electron chi connectivity index (χ3n) is 2.89. The van der Waals surface area contributed by atoms with Crippen molar-refractivity contribution in [3.8, 4) is 17.0 Å². The van der Waals surface area contributed by atoms with Crippen molar-refractivity contribution in [2.75, 3.05) is 5.73 Å². The lowest BCUT2D eigenvalue weighted by Crippen LogP contribution is -2.05. The molecule has 0 aliphatic heterocycles. The van der Waals surface area contributed by atoms with Crippen LogP contribution < -0.4 is 10.5 Å². The molecule has 3 N–H and O–H groups in total. The second-order valence-electron chi connectivity index (χ2n) is 4.75. The molecule has 0 amide bonds.